The number of rotatable bonds is 3. The van der Waals surface area contributed by atoms with Crippen molar-refractivity contribution in [3.05, 3.63) is 52.2 Å². The van der Waals surface area contributed by atoms with Gasteiger partial charge in [0.05, 0.1) is 35.4 Å². The Hall–Kier alpha value is -2.22. The lowest BCUT2D eigenvalue weighted by Gasteiger charge is -2.31. The number of amides is 2. The molecule has 0 N–H and O–H groups in total. The molecule has 2 saturated heterocycles. The fraction of sp³-hybridized carbons (Fsp3) is 0.429. The first kappa shape index (κ1) is 19.1. The molecule has 1 aromatic carbocycles. The number of likely N-dealkylation sites (N-methyl/N-ethyl adjacent to an activating group) is 1. The monoisotopic (exact) mass is 399 g/mol. The zero-order valence-corrected chi connectivity index (χ0v) is 17.0. The van der Waals surface area contributed by atoms with Gasteiger partial charge in [0, 0.05) is 32.6 Å². The third kappa shape index (κ3) is 3.70. The van der Waals surface area contributed by atoms with Gasteiger partial charge in [0.2, 0.25) is 0 Å². The lowest BCUT2D eigenvalue weighted by atomic mass is 10.1. The van der Waals surface area contributed by atoms with Gasteiger partial charge in [-0.2, -0.15) is 0 Å². The molecule has 0 aliphatic carbocycles. The molecule has 2 fully saturated rings. The lowest BCUT2D eigenvalue weighted by Crippen LogP contribution is -2.46. The van der Waals surface area contributed by atoms with E-state index in [-0.39, 0.29) is 17.9 Å². The Morgan fingerprint density at radius 2 is 1.93 bits per heavy atom. The predicted octanol–water partition coefficient (Wildman–Crippen LogP) is 2.43. The number of hydrogen-bond donors (Lipinski definition) is 0. The maximum atomic E-state index is 13.6. The Morgan fingerprint density at radius 1 is 1.11 bits per heavy atom. The molecular weight excluding hydrogens is 374 g/mol. The minimum Gasteiger partial charge on any atom is -0.379 e. The number of ether oxygens (including phenoxy) is 1. The van der Waals surface area contributed by atoms with Crippen molar-refractivity contribution in [2.75, 3.05) is 51.8 Å². The van der Waals surface area contributed by atoms with Gasteiger partial charge in [0.1, 0.15) is 0 Å². The quantitative estimate of drug-likeness (QED) is 0.796. The van der Waals surface area contributed by atoms with Crippen LogP contribution in [0.4, 0.5) is 5.69 Å². The van der Waals surface area contributed by atoms with Crippen molar-refractivity contribution in [2.24, 2.45) is 5.92 Å². The molecule has 0 unspecified atom stereocenters. The summed E-state index contributed by atoms with van der Waals surface area (Å²) in [5.41, 5.74) is 1.20. The third-order valence-corrected chi connectivity index (χ3v) is 6.30. The summed E-state index contributed by atoms with van der Waals surface area (Å²) < 4.78 is 5.81. The Labute approximate surface area is 169 Å². The first-order valence-corrected chi connectivity index (χ1v) is 10.4. The molecule has 4 rings (SSSR count). The molecule has 2 aromatic rings. The summed E-state index contributed by atoms with van der Waals surface area (Å²) in [7, 11) is 3.83. The zero-order valence-electron chi connectivity index (χ0n) is 16.2. The molecule has 2 atom stereocenters. The van der Waals surface area contributed by atoms with Crippen LogP contribution in [0.2, 0.25) is 0 Å². The third-order valence-electron chi connectivity index (χ3n) is 5.45. The van der Waals surface area contributed by atoms with Crippen molar-refractivity contribution in [1.29, 1.82) is 0 Å². The lowest BCUT2D eigenvalue weighted by molar-refractivity contribution is 0.0484. The second kappa shape index (κ2) is 8.03. The summed E-state index contributed by atoms with van der Waals surface area (Å²) >= 11 is 1.40. The molecule has 2 aliphatic heterocycles. The molecule has 6 nitrogen and oxygen atoms in total. The minimum absolute atomic E-state index is 0.0244. The molecule has 28 heavy (non-hydrogen) atoms. The molecule has 3 heterocycles. The summed E-state index contributed by atoms with van der Waals surface area (Å²) in [5, 5.41) is 1.88. The van der Waals surface area contributed by atoms with Crippen molar-refractivity contribution in [2.45, 2.75) is 6.04 Å². The van der Waals surface area contributed by atoms with E-state index in [0.717, 1.165) is 13.1 Å². The highest BCUT2D eigenvalue weighted by Gasteiger charge is 2.36. The maximum Gasteiger partial charge on any atom is 0.268 e. The molecule has 1 aromatic heterocycles. The van der Waals surface area contributed by atoms with Gasteiger partial charge in [0.25, 0.3) is 11.8 Å². The van der Waals surface area contributed by atoms with E-state index in [2.05, 4.69) is 11.9 Å². The number of carbonyl (C=O) groups is 2. The van der Waals surface area contributed by atoms with Crippen molar-refractivity contribution in [1.82, 2.24) is 9.80 Å². The SMILES string of the molecule is CN1C[C@@H]2COC[C@H](C1)N(C(=O)c1ccccc1N(C)C(=O)c1cccs1)C2. The van der Waals surface area contributed by atoms with E-state index in [9.17, 15) is 9.59 Å². The minimum atomic E-state index is -0.104. The van der Waals surface area contributed by atoms with Crippen molar-refractivity contribution in [3.8, 4) is 0 Å². The van der Waals surface area contributed by atoms with Crippen LogP contribution in [0.15, 0.2) is 41.8 Å². The van der Waals surface area contributed by atoms with Crippen molar-refractivity contribution >= 4 is 28.8 Å². The van der Waals surface area contributed by atoms with E-state index in [0.29, 0.717) is 41.8 Å². The van der Waals surface area contributed by atoms with E-state index in [1.54, 1.807) is 18.0 Å². The molecule has 0 spiro atoms. The van der Waals surface area contributed by atoms with Gasteiger partial charge in [-0.3, -0.25) is 9.59 Å². The highest BCUT2D eigenvalue weighted by atomic mass is 32.1. The molecule has 148 valence electrons. The van der Waals surface area contributed by atoms with Crippen LogP contribution in [-0.2, 0) is 4.74 Å². The summed E-state index contributed by atoms with van der Waals surface area (Å²) in [6.07, 6.45) is 0. The average Bonchev–Trinajstić information content (AvgIpc) is 3.10. The molecule has 2 bridgehead atoms. The largest absolute Gasteiger partial charge is 0.379 e. The summed E-state index contributed by atoms with van der Waals surface area (Å²) in [6.45, 7) is 3.65. The van der Waals surface area contributed by atoms with E-state index >= 15 is 0 Å². The smallest absolute Gasteiger partial charge is 0.268 e. The second-order valence-corrected chi connectivity index (χ2v) is 8.54. The normalized spacial score (nSPS) is 22.6. The topological polar surface area (TPSA) is 53.1 Å². The van der Waals surface area contributed by atoms with Gasteiger partial charge < -0.3 is 19.4 Å². The summed E-state index contributed by atoms with van der Waals surface area (Å²) in [6, 6.07) is 11.1. The van der Waals surface area contributed by atoms with Gasteiger partial charge in [-0.25, -0.2) is 0 Å². The molecule has 2 aliphatic rings. The first-order valence-electron chi connectivity index (χ1n) is 9.52. The number of carbonyl (C=O) groups excluding carboxylic acids is 2. The van der Waals surface area contributed by atoms with Crippen molar-refractivity contribution in [3.63, 3.8) is 0 Å². The van der Waals surface area contributed by atoms with Gasteiger partial charge in [0.15, 0.2) is 0 Å². The van der Waals surface area contributed by atoms with Crippen LogP contribution in [0.25, 0.3) is 0 Å². The molecule has 0 radical (unpaired) electrons. The fourth-order valence-corrected chi connectivity index (χ4v) is 4.80. The Kier molecular flexibility index (Phi) is 5.48. The van der Waals surface area contributed by atoms with E-state index in [1.807, 2.05) is 40.6 Å². The number of benzene rings is 1. The Morgan fingerprint density at radius 3 is 2.71 bits per heavy atom. The maximum absolute atomic E-state index is 13.6. The fourth-order valence-electron chi connectivity index (χ4n) is 4.10. The van der Waals surface area contributed by atoms with E-state index in [1.165, 1.54) is 11.3 Å². The number of anilines is 1. The Bertz CT molecular complexity index is 854. The van der Waals surface area contributed by atoms with Crippen LogP contribution >= 0.6 is 11.3 Å². The predicted molar refractivity (Wildman–Crippen MR) is 110 cm³/mol. The number of fused-ring (bicyclic) bond motifs is 3. The molecule has 0 saturated carbocycles. The highest BCUT2D eigenvalue weighted by Crippen LogP contribution is 2.27. The zero-order chi connectivity index (χ0) is 19.7. The number of hydrogen-bond acceptors (Lipinski definition) is 5. The second-order valence-electron chi connectivity index (χ2n) is 7.59. The molecular formula is C21H25N3O3S. The van der Waals surface area contributed by atoms with Gasteiger partial charge in [-0.05, 0) is 30.6 Å². The van der Waals surface area contributed by atoms with Crippen LogP contribution in [0.5, 0.6) is 0 Å². The van der Waals surface area contributed by atoms with Crippen LogP contribution in [-0.4, -0.2) is 74.6 Å². The standard InChI is InChI=1S/C21H25N3O3S/c1-22-10-15-11-24(16(12-22)14-27-13-15)20(25)17-6-3-4-7-18(17)23(2)21(26)19-8-5-9-28-19/h3-9,15-16H,10-14H2,1-2H3/t15-,16-/m0/s1. The van der Waals surface area contributed by atoms with Crippen LogP contribution < -0.4 is 4.90 Å². The number of nitrogens with zero attached hydrogens (tertiary/aromatic N) is 3. The van der Waals surface area contributed by atoms with Crippen LogP contribution in [0.1, 0.15) is 20.0 Å². The molecule has 7 heteroatoms. The van der Waals surface area contributed by atoms with E-state index in [4.69, 9.17) is 4.74 Å². The molecule has 2 amide bonds. The van der Waals surface area contributed by atoms with Gasteiger partial charge in [-0.15, -0.1) is 11.3 Å². The van der Waals surface area contributed by atoms with E-state index < -0.39 is 0 Å². The summed E-state index contributed by atoms with van der Waals surface area (Å²) in [4.78, 5) is 32.8. The first-order chi connectivity index (χ1) is 13.5. The highest BCUT2D eigenvalue weighted by molar-refractivity contribution is 7.12. The number of para-hydroxylation sites is 1. The van der Waals surface area contributed by atoms with Crippen molar-refractivity contribution < 1.29 is 14.3 Å². The summed E-state index contributed by atoms with van der Waals surface area (Å²) in [5.74, 6) is 0.171. The van der Waals surface area contributed by atoms with Gasteiger partial charge >= 0.3 is 0 Å². The number of thiophene rings is 1. The van der Waals surface area contributed by atoms with Gasteiger partial charge in [-0.1, -0.05) is 18.2 Å². The van der Waals surface area contributed by atoms with Crippen LogP contribution in [0, 0.1) is 5.92 Å². The van der Waals surface area contributed by atoms with Crippen LogP contribution in [0.3, 0.4) is 0 Å². The average molecular weight is 400 g/mol. The Balaban J connectivity index is 1.64.